The molecule has 0 aromatic rings. The fourth-order valence-electron chi connectivity index (χ4n) is 1.99. The highest BCUT2D eigenvalue weighted by atomic mass is 32.2. The molecule has 1 saturated carbocycles. The highest BCUT2D eigenvalue weighted by Crippen LogP contribution is 2.33. The van der Waals surface area contributed by atoms with Gasteiger partial charge in [-0.2, -0.15) is 11.8 Å². The fourth-order valence-corrected chi connectivity index (χ4v) is 2.88. The first-order chi connectivity index (χ1) is 5.63. The van der Waals surface area contributed by atoms with Gasteiger partial charge >= 0.3 is 0 Å². The van der Waals surface area contributed by atoms with Gasteiger partial charge in [-0.15, -0.1) is 0 Å². The lowest BCUT2D eigenvalue weighted by Gasteiger charge is -2.15. The summed E-state index contributed by atoms with van der Waals surface area (Å²) in [5.74, 6) is 0.701. The summed E-state index contributed by atoms with van der Waals surface area (Å²) in [6.07, 6.45) is 4.20. The average molecular weight is 189 g/mol. The van der Waals surface area contributed by atoms with Crippen molar-refractivity contribution >= 4 is 11.8 Å². The standard InChI is InChI=1S/C9H19NOS/c1-10(2)6-7-4-8(11)9(5-7)12-3/h7-9,11H,4-6H2,1-3H3/t7-,8-,9-/m1/s1. The predicted octanol–water partition coefficient (Wildman–Crippen LogP) is 1.05. The summed E-state index contributed by atoms with van der Waals surface area (Å²) < 4.78 is 0. The normalized spacial score (nSPS) is 36.2. The summed E-state index contributed by atoms with van der Waals surface area (Å²) >= 11 is 1.80. The number of aliphatic hydroxyl groups excluding tert-OH is 1. The lowest BCUT2D eigenvalue weighted by Crippen LogP contribution is -2.20. The van der Waals surface area contributed by atoms with Crippen LogP contribution in [0.4, 0.5) is 0 Å². The number of rotatable bonds is 3. The van der Waals surface area contributed by atoms with Crippen molar-refractivity contribution in [2.75, 3.05) is 26.9 Å². The third-order valence-corrected chi connectivity index (χ3v) is 3.61. The monoisotopic (exact) mass is 189 g/mol. The van der Waals surface area contributed by atoms with Crippen LogP contribution in [0.3, 0.4) is 0 Å². The third kappa shape index (κ3) is 2.64. The molecule has 0 bridgehead atoms. The number of nitrogens with zero attached hydrogens (tertiary/aromatic N) is 1. The van der Waals surface area contributed by atoms with Crippen molar-refractivity contribution in [3.63, 3.8) is 0 Å². The molecule has 2 nitrogen and oxygen atoms in total. The minimum atomic E-state index is -0.0649. The molecule has 0 unspecified atom stereocenters. The van der Waals surface area contributed by atoms with E-state index in [4.69, 9.17) is 0 Å². The molecule has 3 atom stereocenters. The van der Waals surface area contributed by atoms with E-state index in [2.05, 4.69) is 25.3 Å². The van der Waals surface area contributed by atoms with Crippen molar-refractivity contribution < 1.29 is 5.11 Å². The largest absolute Gasteiger partial charge is 0.392 e. The van der Waals surface area contributed by atoms with Gasteiger partial charge in [0.05, 0.1) is 6.10 Å². The molecule has 72 valence electrons. The van der Waals surface area contributed by atoms with E-state index in [-0.39, 0.29) is 6.10 Å². The molecule has 0 spiro atoms. The molecule has 0 saturated heterocycles. The van der Waals surface area contributed by atoms with Crippen LogP contribution < -0.4 is 0 Å². The molecule has 0 radical (unpaired) electrons. The van der Waals surface area contributed by atoms with Crippen molar-refractivity contribution in [2.24, 2.45) is 5.92 Å². The number of hydrogen-bond donors (Lipinski definition) is 1. The molecule has 0 aromatic carbocycles. The predicted molar refractivity (Wildman–Crippen MR) is 54.6 cm³/mol. The van der Waals surface area contributed by atoms with Crippen molar-refractivity contribution in [3.05, 3.63) is 0 Å². The lowest BCUT2D eigenvalue weighted by atomic mass is 10.1. The van der Waals surface area contributed by atoms with Gasteiger partial charge in [-0.05, 0) is 39.1 Å². The van der Waals surface area contributed by atoms with E-state index in [1.165, 1.54) is 6.42 Å². The molecule has 0 aromatic heterocycles. The molecule has 1 N–H and O–H groups in total. The molecular weight excluding hydrogens is 170 g/mol. The summed E-state index contributed by atoms with van der Waals surface area (Å²) in [6.45, 7) is 1.12. The number of thioether (sulfide) groups is 1. The Labute approximate surface area is 79.3 Å². The second-order valence-corrected chi connectivity index (χ2v) is 5.02. The number of aliphatic hydroxyl groups is 1. The molecule has 1 rings (SSSR count). The minimum absolute atomic E-state index is 0.0649. The van der Waals surface area contributed by atoms with Gasteiger partial charge in [-0.1, -0.05) is 0 Å². The molecule has 1 aliphatic carbocycles. The van der Waals surface area contributed by atoms with Crippen molar-refractivity contribution in [1.29, 1.82) is 0 Å². The van der Waals surface area contributed by atoms with E-state index in [9.17, 15) is 5.11 Å². The van der Waals surface area contributed by atoms with Crippen molar-refractivity contribution in [1.82, 2.24) is 4.90 Å². The Kier molecular flexibility index (Phi) is 3.87. The van der Waals surface area contributed by atoms with Gasteiger partial charge in [0.2, 0.25) is 0 Å². The average Bonchev–Trinajstić information content (AvgIpc) is 2.29. The van der Waals surface area contributed by atoms with E-state index in [1.807, 2.05) is 0 Å². The maximum absolute atomic E-state index is 9.63. The topological polar surface area (TPSA) is 23.5 Å². The summed E-state index contributed by atoms with van der Waals surface area (Å²) in [7, 11) is 4.19. The Morgan fingerprint density at radius 2 is 2.08 bits per heavy atom. The van der Waals surface area contributed by atoms with Crippen LogP contribution in [0.25, 0.3) is 0 Å². The van der Waals surface area contributed by atoms with Gasteiger partial charge in [0.25, 0.3) is 0 Å². The zero-order chi connectivity index (χ0) is 9.14. The van der Waals surface area contributed by atoms with Crippen LogP contribution in [0, 0.1) is 5.92 Å². The Morgan fingerprint density at radius 1 is 1.42 bits per heavy atom. The van der Waals surface area contributed by atoms with Crippen molar-refractivity contribution in [2.45, 2.75) is 24.2 Å². The zero-order valence-corrected chi connectivity index (χ0v) is 8.97. The first-order valence-electron chi connectivity index (χ1n) is 4.49. The van der Waals surface area contributed by atoms with Gasteiger partial charge in [-0.25, -0.2) is 0 Å². The van der Waals surface area contributed by atoms with Gasteiger partial charge in [0, 0.05) is 11.8 Å². The van der Waals surface area contributed by atoms with Crippen LogP contribution >= 0.6 is 11.8 Å². The van der Waals surface area contributed by atoms with E-state index in [0.717, 1.165) is 13.0 Å². The second-order valence-electron chi connectivity index (χ2n) is 3.94. The Morgan fingerprint density at radius 3 is 2.50 bits per heavy atom. The molecule has 1 fully saturated rings. The molecule has 0 amide bonds. The van der Waals surface area contributed by atoms with Gasteiger partial charge in [0.1, 0.15) is 0 Å². The highest BCUT2D eigenvalue weighted by molar-refractivity contribution is 7.99. The van der Waals surface area contributed by atoms with Crippen LogP contribution in [0.5, 0.6) is 0 Å². The van der Waals surface area contributed by atoms with E-state index in [0.29, 0.717) is 11.2 Å². The zero-order valence-electron chi connectivity index (χ0n) is 8.16. The van der Waals surface area contributed by atoms with E-state index in [1.54, 1.807) is 11.8 Å². The van der Waals surface area contributed by atoms with Crippen LogP contribution in [-0.4, -0.2) is 48.3 Å². The Bertz CT molecular complexity index is 140. The quantitative estimate of drug-likeness (QED) is 0.718. The Hall–Kier alpha value is 0.270. The van der Waals surface area contributed by atoms with Crippen LogP contribution in [-0.2, 0) is 0 Å². The smallest absolute Gasteiger partial charge is 0.0661 e. The molecule has 12 heavy (non-hydrogen) atoms. The maximum Gasteiger partial charge on any atom is 0.0661 e. The molecule has 1 aliphatic rings. The highest BCUT2D eigenvalue weighted by Gasteiger charge is 2.32. The first-order valence-corrected chi connectivity index (χ1v) is 5.78. The molecule has 0 aliphatic heterocycles. The van der Waals surface area contributed by atoms with Crippen LogP contribution in [0.2, 0.25) is 0 Å². The lowest BCUT2D eigenvalue weighted by molar-refractivity contribution is 0.178. The fraction of sp³-hybridized carbons (Fsp3) is 1.00. The van der Waals surface area contributed by atoms with Gasteiger partial charge < -0.3 is 10.0 Å². The minimum Gasteiger partial charge on any atom is -0.392 e. The third-order valence-electron chi connectivity index (χ3n) is 2.50. The van der Waals surface area contributed by atoms with Gasteiger partial charge in [-0.3, -0.25) is 0 Å². The SMILES string of the molecule is CS[C@@H]1C[C@H](CN(C)C)C[C@H]1O. The summed E-state index contributed by atoms with van der Waals surface area (Å²) in [6, 6.07) is 0. The van der Waals surface area contributed by atoms with Crippen LogP contribution in [0.1, 0.15) is 12.8 Å². The molecular formula is C9H19NOS. The summed E-state index contributed by atoms with van der Waals surface area (Å²) in [5, 5.41) is 10.1. The maximum atomic E-state index is 9.63. The first kappa shape index (κ1) is 10.4. The van der Waals surface area contributed by atoms with Gasteiger partial charge in [0.15, 0.2) is 0 Å². The Balaban J connectivity index is 2.33. The van der Waals surface area contributed by atoms with Crippen LogP contribution in [0.15, 0.2) is 0 Å². The summed E-state index contributed by atoms with van der Waals surface area (Å²) in [5.41, 5.74) is 0. The van der Waals surface area contributed by atoms with Crippen molar-refractivity contribution in [3.8, 4) is 0 Å². The molecule has 0 heterocycles. The second kappa shape index (κ2) is 4.49. The van der Waals surface area contributed by atoms with E-state index < -0.39 is 0 Å². The summed E-state index contributed by atoms with van der Waals surface area (Å²) in [4.78, 5) is 2.21. The number of hydrogen-bond acceptors (Lipinski definition) is 3. The molecule has 3 heteroatoms. The van der Waals surface area contributed by atoms with E-state index >= 15 is 0 Å².